The lowest BCUT2D eigenvalue weighted by Crippen LogP contribution is -2.10. The molecule has 0 atom stereocenters. The van der Waals surface area contributed by atoms with Crippen molar-refractivity contribution in [1.82, 2.24) is 0 Å². The topological polar surface area (TPSA) is 71.1 Å². The molecule has 34 heavy (non-hydrogen) atoms. The molecule has 0 aromatic heterocycles. The summed E-state index contributed by atoms with van der Waals surface area (Å²) in [6.45, 7) is 4.90. The number of rotatable bonds is 12. The minimum absolute atomic E-state index is 0.176. The molecule has 0 aliphatic carbocycles. The van der Waals surface area contributed by atoms with Crippen molar-refractivity contribution in [3.63, 3.8) is 0 Å². The van der Waals surface area contributed by atoms with Crippen LogP contribution in [0.3, 0.4) is 0 Å². The number of esters is 2. The van der Waals surface area contributed by atoms with Gasteiger partial charge in [-0.05, 0) is 49.2 Å². The molecule has 0 radical (unpaired) electrons. The van der Waals surface area contributed by atoms with E-state index in [9.17, 15) is 9.59 Å². The quantitative estimate of drug-likeness (QED) is 0.339. The Labute approximate surface area is 200 Å². The lowest BCUT2D eigenvalue weighted by Gasteiger charge is -2.09. The Bertz CT molecular complexity index is 953. The van der Waals surface area contributed by atoms with Gasteiger partial charge < -0.3 is 18.9 Å². The average Bonchev–Trinajstić information content (AvgIpc) is 2.84. The Balaban J connectivity index is 1.28. The molecule has 178 valence electrons. The van der Waals surface area contributed by atoms with Gasteiger partial charge in [-0.2, -0.15) is 0 Å². The molecule has 6 heteroatoms. The molecule has 0 fully saturated rings. The summed E-state index contributed by atoms with van der Waals surface area (Å²) in [5.74, 6) is 0.818. The maximum atomic E-state index is 11.9. The smallest absolute Gasteiger partial charge is 0.309 e. The zero-order valence-electron chi connectivity index (χ0n) is 19.6. The van der Waals surface area contributed by atoms with Crippen LogP contribution in [0.2, 0.25) is 0 Å². The number of hydrogen-bond donors (Lipinski definition) is 0. The first-order valence-electron chi connectivity index (χ1n) is 11.3. The zero-order valence-corrected chi connectivity index (χ0v) is 19.6. The van der Waals surface area contributed by atoms with E-state index >= 15 is 0 Å². The molecule has 0 aliphatic rings. The maximum Gasteiger partial charge on any atom is 0.309 e. The van der Waals surface area contributed by atoms with Crippen LogP contribution >= 0.6 is 0 Å². The van der Waals surface area contributed by atoms with Crippen molar-refractivity contribution in [2.45, 2.75) is 39.9 Å². The lowest BCUT2D eigenvalue weighted by molar-refractivity contribution is -0.146. The summed E-state index contributed by atoms with van der Waals surface area (Å²) in [5, 5.41) is 0. The Morgan fingerprint density at radius 2 is 0.912 bits per heavy atom. The summed E-state index contributed by atoms with van der Waals surface area (Å²) < 4.78 is 21.7. The summed E-state index contributed by atoms with van der Waals surface area (Å²) in [6, 6.07) is 22.7. The largest absolute Gasteiger partial charge is 0.493 e. The van der Waals surface area contributed by atoms with Crippen LogP contribution < -0.4 is 9.47 Å². The van der Waals surface area contributed by atoms with E-state index in [2.05, 4.69) is 0 Å². The van der Waals surface area contributed by atoms with Gasteiger partial charge in [0.05, 0.1) is 26.1 Å². The van der Waals surface area contributed by atoms with Crippen molar-refractivity contribution in [3.8, 4) is 11.5 Å². The summed E-state index contributed by atoms with van der Waals surface area (Å²) in [6.07, 6.45) is 0.352. The summed E-state index contributed by atoms with van der Waals surface area (Å²) in [5.41, 5.74) is 4.02. The second-order valence-electron chi connectivity index (χ2n) is 7.96. The molecule has 0 spiro atoms. The molecular formula is C28H30O6. The predicted octanol–water partition coefficient (Wildman–Crippen LogP) is 5.33. The molecule has 0 unspecified atom stereocenters. The Morgan fingerprint density at radius 1 is 0.559 bits per heavy atom. The Kier molecular flexibility index (Phi) is 9.52. The standard InChI is InChI=1S/C28H30O6/c1-21-3-11-25(12-4-21)31-17-15-27(29)33-19-23-7-9-24(10-8-23)20-34-28(30)16-18-32-26-13-5-22(2)6-14-26/h3-14H,15-20H2,1-2H3. The van der Waals surface area contributed by atoms with Crippen LogP contribution in [0.1, 0.15) is 35.1 Å². The number of carbonyl (C=O) groups excluding carboxylic acids is 2. The molecule has 3 aromatic carbocycles. The first-order valence-corrected chi connectivity index (χ1v) is 11.3. The van der Waals surface area contributed by atoms with Crippen LogP contribution in [-0.2, 0) is 32.3 Å². The zero-order chi connectivity index (χ0) is 24.2. The van der Waals surface area contributed by atoms with Crippen LogP contribution in [0.4, 0.5) is 0 Å². The monoisotopic (exact) mass is 462 g/mol. The first-order chi connectivity index (χ1) is 16.5. The highest BCUT2D eigenvalue weighted by Gasteiger charge is 2.07. The number of benzene rings is 3. The highest BCUT2D eigenvalue weighted by Crippen LogP contribution is 2.13. The third-order valence-electron chi connectivity index (χ3n) is 5.01. The van der Waals surface area contributed by atoms with E-state index in [-0.39, 0.29) is 51.2 Å². The molecule has 0 aliphatic heterocycles. The van der Waals surface area contributed by atoms with Gasteiger partial charge in [-0.15, -0.1) is 0 Å². The fourth-order valence-corrected chi connectivity index (χ4v) is 2.98. The van der Waals surface area contributed by atoms with Crippen LogP contribution in [0, 0.1) is 13.8 Å². The van der Waals surface area contributed by atoms with Gasteiger partial charge in [-0.1, -0.05) is 59.7 Å². The van der Waals surface area contributed by atoms with E-state index < -0.39 is 0 Å². The van der Waals surface area contributed by atoms with Gasteiger partial charge in [0.15, 0.2) is 0 Å². The molecular weight excluding hydrogens is 432 g/mol. The van der Waals surface area contributed by atoms with E-state index in [4.69, 9.17) is 18.9 Å². The SMILES string of the molecule is Cc1ccc(OCCC(=O)OCc2ccc(COC(=O)CCOc3ccc(C)cc3)cc2)cc1. The van der Waals surface area contributed by atoms with E-state index in [1.54, 1.807) is 0 Å². The molecule has 0 heterocycles. The van der Waals surface area contributed by atoms with Crippen molar-refractivity contribution in [1.29, 1.82) is 0 Å². The second-order valence-corrected chi connectivity index (χ2v) is 7.96. The molecule has 0 saturated carbocycles. The molecule has 3 aromatic rings. The number of carbonyl (C=O) groups is 2. The number of hydrogen-bond acceptors (Lipinski definition) is 6. The molecule has 3 rings (SSSR count). The van der Waals surface area contributed by atoms with Crippen LogP contribution in [0.15, 0.2) is 72.8 Å². The number of ether oxygens (including phenoxy) is 4. The van der Waals surface area contributed by atoms with E-state index in [1.165, 1.54) is 0 Å². The molecule has 0 N–H and O–H groups in total. The van der Waals surface area contributed by atoms with Crippen LogP contribution in [0.5, 0.6) is 11.5 Å². The molecule has 6 nitrogen and oxygen atoms in total. The van der Waals surface area contributed by atoms with Gasteiger partial charge in [0.25, 0.3) is 0 Å². The second kappa shape index (κ2) is 13.0. The van der Waals surface area contributed by atoms with Crippen LogP contribution in [0.25, 0.3) is 0 Å². The third kappa shape index (κ3) is 8.98. The highest BCUT2D eigenvalue weighted by atomic mass is 16.5. The van der Waals surface area contributed by atoms with Crippen molar-refractivity contribution in [3.05, 3.63) is 95.1 Å². The highest BCUT2D eigenvalue weighted by molar-refractivity contribution is 5.70. The fraction of sp³-hybridized carbons (Fsp3) is 0.286. The van der Waals surface area contributed by atoms with Gasteiger partial charge in [-0.25, -0.2) is 0 Å². The van der Waals surface area contributed by atoms with E-state index in [1.807, 2.05) is 86.6 Å². The van der Waals surface area contributed by atoms with Crippen molar-refractivity contribution in [2.75, 3.05) is 13.2 Å². The van der Waals surface area contributed by atoms with Gasteiger partial charge in [0.2, 0.25) is 0 Å². The summed E-state index contributed by atoms with van der Waals surface area (Å²) >= 11 is 0. The van der Waals surface area contributed by atoms with E-state index in [0.717, 1.165) is 33.8 Å². The van der Waals surface area contributed by atoms with Crippen molar-refractivity contribution < 1.29 is 28.5 Å². The fourth-order valence-electron chi connectivity index (χ4n) is 2.98. The Hall–Kier alpha value is -3.80. The molecule has 0 amide bonds. The summed E-state index contributed by atoms with van der Waals surface area (Å²) in [7, 11) is 0. The van der Waals surface area contributed by atoms with Crippen molar-refractivity contribution >= 4 is 11.9 Å². The minimum atomic E-state index is -0.321. The molecule has 0 saturated heterocycles. The van der Waals surface area contributed by atoms with Crippen molar-refractivity contribution in [2.24, 2.45) is 0 Å². The maximum absolute atomic E-state index is 11.9. The van der Waals surface area contributed by atoms with E-state index in [0.29, 0.717) is 0 Å². The summed E-state index contributed by atoms with van der Waals surface area (Å²) in [4.78, 5) is 23.9. The lowest BCUT2D eigenvalue weighted by atomic mass is 10.1. The average molecular weight is 463 g/mol. The van der Waals surface area contributed by atoms with Crippen LogP contribution in [-0.4, -0.2) is 25.2 Å². The van der Waals surface area contributed by atoms with Gasteiger partial charge in [-0.3, -0.25) is 9.59 Å². The third-order valence-corrected chi connectivity index (χ3v) is 5.01. The van der Waals surface area contributed by atoms with Gasteiger partial charge in [0.1, 0.15) is 24.7 Å². The van der Waals surface area contributed by atoms with Gasteiger partial charge in [0, 0.05) is 0 Å². The first kappa shape index (κ1) is 24.8. The number of aryl methyl sites for hydroxylation is 2. The predicted molar refractivity (Wildman–Crippen MR) is 129 cm³/mol. The minimum Gasteiger partial charge on any atom is -0.493 e. The van der Waals surface area contributed by atoms with Gasteiger partial charge >= 0.3 is 11.9 Å². The normalized spacial score (nSPS) is 10.4. The Morgan fingerprint density at radius 3 is 1.26 bits per heavy atom. The molecule has 0 bridgehead atoms.